The van der Waals surface area contributed by atoms with Crippen molar-refractivity contribution in [2.45, 2.75) is 18.9 Å². The van der Waals surface area contributed by atoms with Crippen LogP contribution in [0.25, 0.3) is 0 Å². The zero-order valence-electron chi connectivity index (χ0n) is 9.94. The Hall–Kier alpha value is -1.06. The van der Waals surface area contributed by atoms with E-state index in [1.54, 1.807) is 0 Å². The van der Waals surface area contributed by atoms with Gasteiger partial charge in [0.15, 0.2) is 0 Å². The van der Waals surface area contributed by atoms with E-state index < -0.39 is 5.60 Å². The number of likely N-dealkylation sites (N-methyl/N-ethyl adjacent to an activating group) is 1. The van der Waals surface area contributed by atoms with Crippen molar-refractivity contribution in [3.63, 3.8) is 0 Å². The van der Waals surface area contributed by atoms with Crippen molar-refractivity contribution in [1.29, 1.82) is 0 Å². The standard InChI is InChI=1S/C13H19NO2/c1-3-16-12-7-5-4-6-11(12)13(15)8-9-14(2)10-13/h4-7,15H,3,8-10H2,1-2H3. The van der Waals surface area contributed by atoms with Crippen LogP contribution in [0.2, 0.25) is 0 Å². The molecular weight excluding hydrogens is 202 g/mol. The van der Waals surface area contributed by atoms with Crippen molar-refractivity contribution in [2.24, 2.45) is 0 Å². The Morgan fingerprint density at radius 2 is 2.19 bits per heavy atom. The van der Waals surface area contributed by atoms with E-state index in [1.807, 2.05) is 38.2 Å². The average molecular weight is 221 g/mol. The van der Waals surface area contributed by atoms with Crippen LogP contribution >= 0.6 is 0 Å². The number of nitrogens with zero attached hydrogens (tertiary/aromatic N) is 1. The Balaban J connectivity index is 2.32. The molecule has 1 aliphatic heterocycles. The van der Waals surface area contributed by atoms with Crippen molar-refractivity contribution >= 4 is 0 Å². The third-order valence-corrected chi connectivity index (χ3v) is 3.13. The van der Waals surface area contributed by atoms with E-state index in [0.717, 1.165) is 24.3 Å². The summed E-state index contributed by atoms with van der Waals surface area (Å²) in [6.45, 7) is 4.19. The Kier molecular flexibility index (Phi) is 3.17. The number of likely N-dealkylation sites (tertiary alicyclic amines) is 1. The molecule has 1 aromatic rings. The zero-order chi connectivity index (χ0) is 11.6. The molecule has 0 bridgehead atoms. The summed E-state index contributed by atoms with van der Waals surface area (Å²) in [5, 5.41) is 10.6. The van der Waals surface area contributed by atoms with Gasteiger partial charge < -0.3 is 14.7 Å². The maximum atomic E-state index is 10.6. The molecule has 1 heterocycles. The molecule has 16 heavy (non-hydrogen) atoms. The Bertz CT molecular complexity index is 367. The number of ether oxygens (including phenoxy) is 1. The molecule has 3 nitrogen and oxygen atoms in total. The van der Waals surface area contributed by atoms with Crippen LogP contribution in [-0.4, -0.2) is 36.8 Å². The molecule has 0 radical (unpaired) electrons. The van der Waals surface area contributed by atoms with Crippen molar-refractivity contribution < 1.29 is 9.84 Å². The molecule has 3 heteroatoms. The quantitative estimate of drug-likeness (QED) is 0.841. The van der Waals surface area contributed by atoms with Crippen molar-refractivity contribution in [2.75, 3.05) is 26.7 Å². The number of hydrogen-bond acceptors (Lipinski definition) is 3. The fourth-order valence-electron chi connectivity index (χ4n) is 2.33. The highest BCUT2D eigenvalue weighted by atomic mass is 16.5. The maximum absolute atomic E-state index is 10.6. The maximum Gasteiger partial charge on any atom is 0.125 e. The predicted octanol–water partition coefficient (Wildman–Crippen LogP) is 1.61. The van der Waals surface area contributed by atoms with E-state index >= 15 is 0 Å². The molecule has 1 saturated heterocycles. The lowest BCUT2D eigenvalue weighted by molar-refractivity contribution is 0.0458. The first-order valence-electron chi connectivity index (χ1n) is 5.79. The summed E-state index contributed by atoms with van der Waals surface area (Å²) in [6, 6.07) is 7.78. The van der Waals surface area contributed by atoms with Gasteiger partial charge in [-0.25, -0.2) is 0 Å². The second kappa shape index (κ2) is 4.44. The molecule has 1 atom stereocenters. The number of para-hydroxylation sites is 1. The van der Waals surface area contributed by atoms with E-state index in [-0.39, 0.29) is 0 Å². The second-order valence-corrected chi connectivity index (χ2v) is 4.45. The van der Waals surface area contributed by atoms with Crippen LogP contribution in [0.1, 0.15) is 18.9 Å². The van der Waals surface area contributed by atoms with Gasteiger partial charge in [-0.1, -0.05) is 18.2 Å². The third-order valence-electron chi connectivity index (χ3n) is 3.13. The highest BCUT2D eigenvalue weighted by Crippen LogP contribution is 2.36. The zero-order valence-corrected chi connectivity index (χ0v) is 9.94. The monoisotopic (exact) mass is 221 g/mol. The normalized spacial score (nSPS) is 25.9. The summed E-state index contributed by atoms with van der Waals surface area (Å²) in [5.41, 5.74) is 0.168. The molecule has 2 rings (SSSR count). The lowest BCUT2D eigenvalue weighted by atomic mass is 9.92. The topological polar surface area (TPSA) is 32.7 Å². The first-order valence-corrected chi connectivity index (χ1v) is 5.79. The number of rotatable bonds is 3. The minimum atomic E-state index is -0.749. The second-order valence-electron chi connectivity index (χ2n) is 4.45. The van der Waals surface area contributed by atoms with E-state index in [2.05, 4.69) is 4.90 Å². The average Bonchev–Trinajstić information content (AvgIpc) is 2.61. The molecule has 1 fully saturated rings. The minimum absolute atomic E-state index is 0.628. The van der Waals surface area contributed by atoms with Gasteiger partial charge in [0.25, 0.3) is 0 Å². The molecule has 88 valence electrons. The van der Waals surface area contributed by atoms with Crippen molar-refractivity contribution in [3.8, 4) is 5.75 Å². The first kappa shape index (κ1) is 11.4. The van der Waals surface area contributed by atoms with E-state index in [9.17, 15) is 5.11 Å². The number of benzene rings is 1. The summed E-state index contributed by atoms with van der Waals surface area (Å²) in [7, 11) is 2.03. The SMILES string of the molecule is CCOc1ccccc1C1(O)CCN(C)C1. The van der Waals surface area contributed by atoms with Gasteiger partial charge in [-0.15, -0.1) is 0 Å². The van der Waals surface area contributed by atoms with Gasteiger partial charge in [0.1, 0.15) is 11.4 Å². The van der Waals surface area contributed by atoms with Crippen LogP contribution in [0.15, 0.2) is 24.3 Å². The van der Waals surface area contributed by atoms with Gasteiger partial charge in [0.05, 0.1) is 6.61 Å². The summed E-state index contributed by atoms with van der Waals surface area (Å²) in [6.07, 6.45) is 0.771. The Morgan fingerprint density at radius 3 is 2.81 bits per heavy atom. The highest BCUT2D eigenvalue weighted by Gasteiger charge is 2.38. The molecule has 1 aliphatic rings. The molecule has 0 spiro atoms. The molecule has 1 aromatic carbocycles. The molecule has 1 N–H and O–H groups in total. The highest BCUT2D eigenvalue weighted by molar-refractivity contribution is 5.39. The van der Waals surface area contributed by atoms with Crippen LogP contribution in [0.5, 0.6) is 5.75 Å². The van der Waals surface area contributed by atoms with Gasteiger partial charge in [0.2, 0.25) is 0 Å². The van der Waals surface area contributed by atoms with Crippen LogP contribution in [0.4, 0.5) is 0 Å². The first-order chi connectivity index (χ1) is 7.65. The van der Waals surface area contributed by atoms with E-state index in [1.165, 1.54) is 0 Å². The fraction of sp³-hybridized carbons (Fsp3) is 0.538. The van der Waals surface area contributed by atoms with Gasteiger partial charge in [-0.3, -0.25) is 0 Å². The molecular formula is C13H19NO2. The molecule has 1 unspecified atom stereocenters. The molecule has 0 aliphatic carbocycles. The van der Waals surface area contributed by atoms with Gasteiger partial charge in [0, 0.05) is 18.7 Å². The largest absolute Gasteiger partial charge is 0.493 e. The number of hydrogen-bond donors (Lipinski definition) is 1. The van der Waals surface area contributed by atoms with Gasteiger partial charge >= 0.3 is 0 Å². The molecule has 0 saturated carbocycles. The summed E-state index contributed by atoms with van der Waals surface area (Å²) >= 11 is 0. The summed E-state index contributed by atoms with van der Waals surface area (Å²) < 4.78 is 5.57. The van der Waals surface area contributed by atoms with E-state index in [4.69, 9.17) is 4.74 Å². The van der Waals surface area contributed by atoms with Crippen LogP contribution in [-0.2, 0) is 5.60 Å². The Morgan fingerprint density at radius 1 is 1.44 bits per heavy atom. The van der Waals surface area contributed by atoms with Gasteiger partial charge in [-0.05, 0) is 26.5 Å². The van der Waals surface area contributed by atoms with Crippen LogP contribution in [0.3, 0.4) is 0 Å². The van der Waals surface area contributed by atoms with Crippen molar-refractivity contribution in [3.05, 3.63) is 29.8 Å². The minimum Gasteiger partial charge on any atom is -0.493 e. The lowest BCUT2D eigenvalue weighted by Gasteiger charge is -2.25. The van der Waals surface area contributed by atoms with E-state index in [0.29, 0.717) is 13.2 Å². The predicted molar refractivity (Wildman–Crippen MR) is 63.6 cm³/mol. The van der Waals surface area contributed by atoms with Crippen LogP contribution < -0.4 is 4.74 Å². The smallest absolute Gasteiger partial charge is 0.125 e. The van der Waals surface area contributed by atoms with Gasteiger partial charge in [-0.2, -0.15) is 0 Å². The lowest BCUT2D eigenvalue weighted by Crippen LogP contribution is -2.29. The third kappa shape index (κ3) is 2.06. The molecule has 0 amide bonds. The summed E-state index contributed by atoms with van der Waals surface area (Å²) in [5.74, 6) is 0.808. The number of aliphatic hydroxyl groups is 1. The van der Waals surface area contributed by atoms with Crippen LogP contribution in [0, 0.1) is 0 Å². The fourth-order valence-corrected chi connectivity index (χ4v) is 2.33. The summed E-state index contributed by atoms with van der Waals surface area (Å²) in [4.78, 5) is 2.14. The van der Waals surface area contributed by atoms with Crippen molar-refractivity contribution in [1.82, 2.24) is 4.90 Å². The Labute approximate surface area is 96.6 Å². The molecule has 0 aromatic heterocycles. The number of β-amino-alcohol motifs (C(OH)–C–C–N with tert-alkyl or cyclic N) is 1.